The number of likely N-dealkylation sites (N-methyl/N-ethyl adjacent to an activating group) is 1. The van der Waals surface area contributed by atoms with E-state index >= 15 is 0 Å². The largest absolute Gasteiger partial charge is 0.355 e. The van der Waals surface area contributed by atoms with Gasteiger partial charge in [0.15, 0.2) is 0 Å². The van der Waals surface area contributed by atoms with Crippen molar-refractivity contribution < 1.29 is 22.0 Å². The van der Waals surface area contributed by atoms with Crippen LogP contribution in [0, 0.1) is 11.6 Å². The summed E-state index contributed by atoms with van der Waals surface area (Å²) < 4.78 is 51.4. The van der Waals surface area contributed by atoms with Gasteiger partial charge in [0, 0.05) is 13.6 Å². The van der Waals surface area contributed by atoms with Gasteiger partial charge in [0.05, 0.1) is 11.4 Å². The Kier molecular flexibility index (Phi) is 6.22. The number of sulfonamides is 1. The molecule has 2 rings (SSSR count). The molecule has 134 valence electrons. The van der Waals surface area contributed by atoms with Gasteiger partial charge in [-0.05, 0) is 48.4 Å². The number of rotatable bonds is 7. The second kappa shape index (κ2) is 8.17. The molecule has 0 spiro atoms. The minimum atomic E-state index is -3.88. The fourth-order valence-corrected chi connectivity index (χ4v) is 3.30. The van der Waals surface area contributed by atoms with Crippen LogP contribution in [-0.2, 0) is 21.2 Å². The highest BCUT2D eigenvalue weighted by molar-refractivity contribution is 7.89. The highest BCUT2D eigenvalue weighted by Crippen LogP contribution is 2.14. The number of benzene rings is 2. The first kappa shape index (κ1) is 19.0. The van der Waals surface area contributed by atoms with Gasteiger partial charge >= 0.3 is 0 Å². The topological polar surface area (TPSA) is 66.5 Å². The smallest absolute Gasteiger partial charge is 0.243 e. The van der Waals surface area contributed by atoms with E-state index in [2.05, 4.69) is 5.32 Å². The molecule has 0 aliphatic rings. The quantitative estimate of drug-likeness (QED) is 0.812. The van der Waals surface area contributed by atoms with Crippen molar-refractivity contribution in [3.63, 3.8) is 0 Å². The lowest BCUT2D eigenvalue weighted by Gasteiger charge is -2.17. The van der Waals surface area contributed by atoms with Gasteiger partial charge < -0.3 is 5.32 Å². The van der Waals surface area contributed by atoms with Gasteiger partial charge in [0.2, 0.25) is 15.9 Å². The van der Waals surface area contributed by atoms with E-state index in [9.17, 15) is 22.0 Å². The van der Waals surface area contributed by atoms with Crippen LogP contribution in [0.15, 0.2) is 53.4 Å². The molecule has 0 aliphatic heterocycles. The zero-order valence-electron chi connectivity index (χ0n) is 13.6. The molecule has 0 aliphatic carbocycles. The van der Waals surface area contributed by atoms with E-state index in [-0.39, 0.29) is 23.8 Å². The van der Waals surface area contributed by atoms with E-state index in [4.69, 9.17) is 0 Å². The summed E-state index contributed by atoms with van der Waals surface area (Å²) in [6.07, 6.45) is 0.428. The maximum atomic E-state index is 13.1. The number of carbonyl (C=O) groups is 1. The third kappa shape index (κ3) is 5.33. The van der Waals surface area contributed by atoms with E-state index in [1.165, 1.54) is 19.2 Å². The summed E-state index contributed by atoms with van der Waals surface area (Å²) in [5.74, 6) is -1.38. The number of amides is 1. The molecule has 0 atom stereocenters. The summed E-state index contributed by atoms with van der Waals surface area (Å²) in [7, 11) is -2.61. The maximum Gasteiger partial charge on any atom is 0.243 e. The predicted molar refractivity (Wildman–Crippen MR) is 89.3 cm³/mol. The fraction of sp³-hybridized carbons (Fsp3) is 0.235. The van der Waals surface area contributed by atoms with Crippen LogP contribution in [0.2, 0.25) is 0 Å². The van der Waals surface area contributed by atoms with E-state index in [1.54, 1.807) is 12.1 Å². The van der Waals surface area contributed by atoms with Crippen LogP contribution in [0.1, 0.15) is 5.56 Å². The van der Waals surface area contributed by atoms with Crippen molar-refractivity contribution in [3.05, 3.63) is 65.7 Å². The molecule has 5 nitrogen and oxygen atoms in total. The zero-order valence-corrected chi connectivity index (χ0v) is 14.4. The Bertz CT molecular complexity index is 839. The van der Waals surface area contributed by atoms with Crippen molar-refractivity contribution in [1.82, 2.24) is 9.62 Å². The number of nitrogens with zero attached hydrogens (tertiary/aromatic N) is 1. The average Bonchev–Trinajstić information content (AvgIpc) is 2.55. The molecular formula is C17H18F2N2O3S. The van der Waals surface area contributed by atoms with Crippen molar-refractivity contribution in [1.29, 1.82) is 0 Å². The molecular weight excluding hydrogens is 350 g/mol. The van der Waals surface area contributed by atoms with E-state index in [0.29, 0.717) is 6.42 Å². The number of hydrogen-bond donors (Lipinski definition) is 1. The van der Waals surface area contributed by atoms with Crippen LogP contribution in [0.5, 0.6) is 0 Å². The molecule has 25 heavy (non-hydrogen) atoms. The number of nitrogens with one attached hydrogen (secondary N) is 1. The van der Waals surface area contributed by atoms with E-state index in [1.807, 2.05) is 0 Å². The molecule has 1 N–H and O–H groups in total. The average molecular weight is 368 g/mol. The second-order valence-corrected chi connectivity index (χ2v) is 7.49. The Morgan fingerprint density at radius 2 is 1.76 bits per heavy atom. The Morgan fingerprint density at radius 1 is 1.08 bits per heavy atom. The van der Waals surface area contributed by atoms with Gasteiger partial charge in [-0.15, -0.1) is 0 Å². The fourth-order valence-electron chi connectivity index (χ4n) is 2.17. The van der Waals surface area contributed by atoms with Crippen LogP contribution in [0.3, 0.4) is 0 Å². The SMILES string of the molecule is CN(CC(=O)NCCc1cccc(F)c1)S(=O)(=O)c1ccc(F)cc1. The lowest BCUT2D eigenvalue weighted by atomic mass is 10.1. The number of carbonyl (C=O) groups excluding carboxylic acids is 1. The predicted octanol–water partition coefficient (Wildman–Crippen LogP) is 1.94. The van der Waals surface area contributed by atoms with Gasteiger partial charge in [-0.2, -0.15) is 4.31 Å². The molecule has 2 aromatic rings. The minimum absolute atomic E-state index is 0.0936. The zero-order chi connectivity index (χ0) is 18.4. The van der Waals surface area contributed by atoms with Crippen molar-refractivity contribution in [2.24, 2.45) is 0 Å². The number of hydrogen-bond acceptors (Lipinski definition) is 3. The van der Waals surface area contributed by atoms with Crippen LogP contribution in [0.4, 0.5) is 8.78 Å². The lowest BCUT2D eigenvalue weighted by molar-refractivity contribution is -0.121. The highest BCUT2D eigenvalue weighted by atomic mass is 32.2. The molecule has 0 radical (unpaired) electrons. The summed E-state index contributed by atoms with van der Waals surface area (Å²) in [6.45, 7) is -0.115. The molecule has 0 unspecified atom stereocenters. The molecule has 0 heterocycles. The summed E-state index contributed by atoms with van der Waals surface area (Å²) in [5.41, 5.74) is 0.729. The normalized spacial score (nSPS) is 11.5. The molecule has 8 heteroatoms. The molecule has 0 aromatic heterocycles. The summed E-state index contributed by atoms with van der Waals surface area (Å²) >= 11 is 0. The van der Waals surface area contributed by atoms with E-state index < -0.39 is 21.7 Å². The van der Waals surface area contributed by atoms with Crippen LogP contribution < -0.4 is 5.32 Å². The van der Waals surface area contributed by atoms with Gasteiger partial charge in [-0.25, -0.2) is 17.2 Å². The van der Waals surface area contributed by atoms with Crippen LogP contribution >= 0.6 is 0 Å². The third-order valence-corrected chi connectivity index (χ3v) is 5.33. The van der Waals surface area contributed by atoms with Gasteiger partial charge in [0.1, 0.15) is 11.6 Å². The van der Waals surface area contributed by atoms with Gasteiger partial charge in [-0.1, -0.05) is 12.1 Å². The Balaban J connectivity index is 1.87. The Labute approximate surface area is 145 Å². The van der Waals surface area contributed by atoms with Crippen molar-refractivity contribution in [3.8, 4) is 0 Å². The monoisotopic (exact) mass is 368 g/mol. The molecule has 2 aromatic carbocycles. The Morgan fingerprint density at radius 3 is 2.40 bits per heavy atom. The summed E-state index contributed by atoms with van der Waals surface area (Å²) in [4.78, 5) is 11.8. The van der Waals surface area contributed by atoms with Crippen molar-refractivity contribution >= 4 is 15.9 Å². The highest BCUT2D eigenvalue weighted by Gasteiger charge is 2.22. The molecule has 0 fully saturated rings. The molecule has 1 amide bonds. The molecule has 0 saturated carbocycles. The van der Waals surface area contributed by atoms with Crippen molar-refractivity contribution in [2.45, 2.75) is 11.3 Å². The first-order valence-electron chi connectivity index (χ1n) is 7.52. The summed E-state index contributed by atoms with van der Waals surface area (Å²) in [6, 6.07) is 10.4. The second-order valence-electron chi connectivity index (χ2n) is 5.44. The minimum Gasteiger partial charge on any atom is -0.355 e. The van der Waals surface area contributed by atoms with Gasteiger partial charge in [-0.3, -0.25) is 4.79 Å². The Hall–Kier alpha value is -2.32. The molecule has 0 saturated heterocycles. The number of halogens is 2. The van der Waals surface area contributed by atoms with Crippen molar-refractivity contribution in [2.75, 3.05) is 20.1 Å². The first-order chi connectivity index (χ1) is 11.8. The van der Waals surface area contributed by atoms with Gasteiger partial charge in [0.25, 0.3) is 0 Å². The third-order valence-electron chi connectivity index (χ3n) is 3.51. The lowest BCUT2D eigenvalue weighted by Crippen LogP contribution is -2.39. The standard InChI is InChI=1S/C17H18F2N2O3S/c1-21(25(23,24)16-7-5-14(18)6-8-16)12-17(22)20-10-9-13-3-2-4-15(19)11-13/h2-8,11H,9-10,12H2,1H3,(H,20,22). The first-order valence-corrected chi connectivity index (χ1v) is 8.96. The summed E-state index contributed by atoms with van der Waals surface area (Å²) in [5, 5.41) is 2.59. The van der Waals surface area contributed by atoms with E-state index in [0.717, 1.165) is 34.1 Å². The van der Waals surface area contributed by atoms with Crippen LogP contribution in [0.25, 0.3) is 0 Å². The van der Waals surface area contributed by atoms with Crippen LogP contribution in [-0.4, -0.2) is 38.8 Å². The molecule has 0 bridgehead atoms. The maximum absolute atomic E-state index is 13.1.